The van der Waals surface area contributed by atoms with Crippen molar-refractivity contribution in [2.24, 2.45) is 0 Å². The summed E-state index contributed by atoms with van der Waals surface area (Å²) in [4.78, 5) is 0.449. The zero-order valence-corrected chi connectivity index (χ0v) is 16.9. The molecular formula is C21H34O4S. The maximum Gasteiger partial charge on any atom is 0.178 e. The standard InChI is InChI=1S/C21H34O4S/c1-19-12-14-20(15-13-19)26(22,23)18-10-6-4-2-3-5-8-16-24-21-11-7-9-17-25-21/h12-15,21H,2-11,16-18H2,1H3. The molecule has 0 bridgehead atoms. The van der Waals surface area contributed by atoms with Crippen LogP contribution >= 0.6 is 0 Å². The number of ether oxygens (including phenoxy) is 2. The second-order valence-corrected chi connectivity index (χ2v) is 9.38. The predicted octanol–water partition coefficient (Wildman–Crippen LogP) is 5.04. The summed E-state index contributed by atoms with van der Waals surface area (Å²) in [6, 6.07) is 7.14. The van der Waals surface area contributed by atoms with Crippen LogP contribution in [0.15, 0.2) is 29.2 Å². The molecule has 0 aliphatic carbocycles. The summed E-state index contributed by atoms with van der Waals surface area (Å²) in [7, 11) is -3.12. The van der Waals surface area contributed by atoms with Gasteiger partial charge >= 0.3 is 0 Å². The molecule has 0 amide bonds. The fraction of sp³-hybridized carbons (Fsp3) is 0.714. The maximum absolute atomic E-state index is 12.3. The molecule has 1 aliphatic heterocycles. The zero-order valence-electron chi connectivity index (χ0n) is 16.1. The van der Waals surface area contributed by atoms with E-state index in [1.165, 1.54) is 25.7 Å². The van der Waals surface area contributed by atoms with E-state index in [9.17, 15) is 8.42 Å². The molecule has 2 rings (SSSR count). The molecule has 1 fully saturated rings. The summed E-state index contributed by atoms with van der Waals surface area (Å²) in [6.45, 7) is 3.59. The first-order valence-electron chi connectivity index (χ1n) is 10.1. The van der Waals surface area contributed by atoms with Crippen molar-refractivity contribution in [2.75, 3.05) is 19.0 Å². The van der Waals surface area contributed by atoms with Crippen LogP contribution in [0.5, 0.6) is 0 Å². The Kier molecular flexibility index (Phi) is 9.65. The highest BCUT2D eigenvalue weighted by Crippen LogP contribution is 2.16. The van der Waals surface area contributed by atoms with Crippen LogP contribution in [0.4, 0.5) is 0 Å². The van der Waals surface area contributed by atoms with Gasteiger partial charge in [0.2, 0.25) is 0 Å². The summed E-state index contributed by atoms with van der Waals surface area (Å²) in [6.07, 6.45) is 10.9. The molecule has 1 saturated heterocycles. The Labute approximate surface area is 159 Å². The molecule has 148 valence electrons. The number of unbranched alkanes of at least 4 members (excludes halogenated alkanes) is 6. The van der Waals surface area contributed by atoms with Crippen molar-refractivity contribution in [1.29, 1.82) is 0 Å². The van der Waals surface area contributed by atoms with Crippen molar-refractivity contribution < 1.29 is 17.9 Å². The molecule has 1 aromatic rings. The van der Waals surface area contributed by atoms with Gasteiger partial charge < -0.3 is 9.47 Å². The second-order valence-electron chi connectivity index (χ2n) is 7.27. The van der Waals surface area contributed by atoms with Crippen LogP contribution in [-0.4, -0.2) is 33.7 Å². The van der Waals surface area contributed by atoms with Crippen molar-refractivity contribution in [3.05, 3.63) is 29.8 Å². The Bertz CT molecular complexity index is 589. The van der Waals surface area contributed by atoms with E-state index in [0.717, 1.165) is 57.3 Å². The summed E-state index contributed by atoms with van der Waals surface area (Å²) in [5, 5.41) is 0. The van der Waals surface area contributed by atoms with Crippen LogP contribution in [0, 0.1) is 6.92 Å². The normalized spacial score (nSPS) is 18.1. The third-order valence-corrected chi connectivity index (χ3v) is 6.70. The van der Waals surface area contributed by atoms with Gasteiger partial charge in [-0.15, -0.1) is 0 Å². The first-order chi connectivity index (χ1) is 12.6. The van der Waals surface area contributed by atoms with Gasteiger partial charge in [-0.3, -0.25) is 0 Å². The van der Waals surface area contributed by atoms with Crippen molar-refractivity contribution in [1.82, 2.24) is 0 Å². The second kappa shape index (κ2) is 11.7. The minimum absolute atomic E-state index is 0.0271. The van der Waals surface area contributed by atoms with Gasteiger partial charge in [0.25, 0.3) is 0 Å². The molecule has 4 nitrogen and oxygen atoms in total. The SMILES string of the molecule is Cc1ccc(S(=O)(=O)CCCCCCCCCOC2CCCCO2)cc1. The lowest BCUT2D eigenvalue weighted by Gasteiger charge is -2.22. The van der Waals surface area contributed by atoms with Crippen molar-refractivity contribution in [3.8, 4) is 0 Å². The van der Waals surface area contributed by atoms with E-state index in [2.05, 4.69) is 0 Å². The molecule has 0 radical (unpaired) electrons. The van der Waals surface area contributed by atoms with Crippen LogP contribution < -0.4 is 0 Å². The third-order valence-electron chi connectivity index (χ3n) is 4.88. The van der Waals surface area contributed by atoms with Crippen molar-refractivity contribution in [3.63, 3.8) is 0 Å². The topological polar surface area (TPSA) is 52.6 Å². The molecular weight excluding hydrogens is 348 g/mol. The monoisotopic (exact) mass is 382 g/mol. The lowest BCUT2D eigenvalue weighted by atomic mass is 10.1. The minimum atomic E-state index is -3.12. The highest BCUT2D eigenvalue weighted by atomic mass is 32.2. The van der Waals surface area contributed by atoms with Gasteiger partial charge in [-0.1, -0.05) is 49.8 Å². The number of hydrogen-bond acceptors (Lipinski definition) is 4. The Hall–Kier alpha value is -0.910. The molecule has 1 atom stereocenters. The Morgan fingerprint density at radius 3 is 2.27 bits per heavy atom. The van der Waals surface area contributed by atoms with Gasteiger partial charge in [-0.05, 0) is 51.2 Å². The van der Waals surface area contributed by atoms with Gasteiger partial charge in [0.1, 0.15) is 0 Å². The molecule has 0 spiro atoms. The van der Waals surface area contributed by atoms with Crippen molar-refractivity contribution in [2.45, 2.75) is 82.3 Å². The average Bonchev–Trinajstić information content (AvgIpc) is 2.64. The van der Waals surface area contributed by atoms with E-state index in [1.807, 2.05) is 19.1 Å². The molecule has 1 heterocycles. The van der Waals surface area contributed by atoms with E-state index in [-0.39, 0.29) is 12.0 Å². The van der Waals surface area contributed by atoms with Crippen LogP contribution in [0.1, 0.15) is 69.8 Å². The predicted molar refractivity (Wildman–Crippen MR) is 105 cm³/mol. The smallest absolute Gasteiger partial charge is 0.178 e. The minimum Gasteiger partial charge on any atom is -0.353 e. The Morgan fingerprint density at radius 1 is 0.962 bits per heavy atom. The van der Waals surface area contributed by atoms with Crippen LogP contribution in [0.2, 0.25) is 0 Å². The summed E-state index contributed by atoms with van der Waals surface area (Å²) >= 11 is 0. The highest BCUT2D eigenvalue weighted by Gasteiger charge is 2.14. The first-order valence-corrected chi connectivity index (χ1v) is 11.8. The third kappa shape index (κ3) is 8.19. The zero-order chi connectivity index (χ0) is 18.7. The Balaban J connectivity index is 1.44. The Morgan fingerprint density at radius 2 is 1.62 bits per heavy atom. The van der Waals surface area contributed by atoms with Crippen LogP contribution in [0.25, 0.3) is 0 Å². The molecule has 0 aromatic heterocycles. The first kappa shape index (κ1) is 21.4. The summed E-state index contributed by atoms with van der Waals surface area (Å²) < 4.78 is 35.8. The van der Waals surface area contributed by atoms with Gasteiger partial charge in [0, 0.05) is 13.2 Å². The fourth-order valence-corrected chi connectivity index (χ4v) is 4.57. The summed E-state index contributed by atoms with van der Waals surface area (Å²) in [5.74, 6) is 0.255. The average molecular weight is 383 g/mol. The molecule has 1 unspecified atom stereocenters. The van der Waals surface area contributed by atoms with Gasteiger partial charge in [0.15, 0.2) is 16.1 Å². The van der Waals surface area contributed by atoms with Crippen LogP contribution in [-0.2, 0) is 19.3 Å². The molecule has 0 N–H and O–H groups in total. The molecule has 0 saturated carbocycles. The van der Waals surface area contributed by atoms with E-state index in [4.69, 9.17) is 9.47 Å². The summed E-state index contributed by atoms with van der Waals surface area (Å²) in [5.41, 5.74) is 1.08. The van der Waals surface area contributed by atoms with E-state index in [0.29, 0.717) is 4.90 Å². The largest absolute Gasteiger partial charge is 0.353 e. The molecule has 1 aliphatic rings. The maximum atomic E-state index is 12.3. The molecule has 5 heteroatoms. The van der Waals surface area contributed by atoms with E-state index < -0.39 is 9.84 Å². The van der Waals surface area contributed by atoms with Gasteiger partial charge in [-0.2, -0.15) is 0 Å². The van der Waals surface area contributed by atoms with Crippen LogP contribution in [0.3, 0.4) is 0 Å². The highest BCUT2D eigenvalue weighted by molar-refractivity contribution is 7.91. The van der Waals surface area contributed by atoms with Crippen molar-refractivity contribution >= 4 is 9.84 Å². The molecule has 1 aromatic carbocycles. The number of aryl methyl sites for hydroxylation is 1. The quantitative estimate of drug-likeness (QED) is 0.475. The number of hydrogen-bond donors (Lipinski definition) is 0. The van der Waals surface area contributed by atoms with E-state index >= 15 is 0 Å². The van der Waals surface area contributed by atoms with Gasteiger partial charge in [0.05, 0.1) is 10.6 Å². The fourth-order valence-electron chi connectivity index (χ4n) is 3.20. The molecule has 26 heavy (non-hydrogen) atoms. The lowest BCUT2D eigenvalue weighted by molar-refractivity contribution is -0.162. The number of rotatable bonds is 12. The number of benzene rings is 1. The van der Waals surface area contributed by atoms with E-state index in [1.54, 1.807) is 12.1 Å². The number of sulfone groups is 1. The lowest BCUT2D eigenvalue weighted by Crippen LogP contribution is -2.22. The van der Waals surface area contributed by atoms with Gasteiger partial charge in [-0.25, -0.2) is 8.42 Å².